The Morgan fingerprint density at radius 2 is 1.53 bits per heavy atom. The van der Waals surface area contributed by atoms with Crippen molar-refractivity contribution in [3.63, 3.8) is 0 Å². The van der Waals surface area contributed by atoms with Crippen LogP contribution in [-0.2, 0) is 10.1 Å². The summed E-state index contributed by atoms with van der Waals surface area (Å²) in [6.45, 7) is 7.22. The standard InChI is InChI=1S/C19H22N2O2.C7H8O3S/c1-13-2-4-15(5-3-13)17-6-7-18(23-17)19(22)20-16-12-21-10-8-14(16)9-11-21;1-6-2-4-7(5-3-6)11(8,9)10/h2-7,14,16H,8-12H2,1H3,(H,20,22);2-5H,1H3,(H,8,9,10)/t16-;/m0./s1. The number of benzene rings is 2. The predicted molar refractivity (Wildman–Crippen MR) is 130 cm³/mol. The highest BCUT2D eigenvalue weighted by Gasteiger charge is 2.35. The monoisotopic (exact) mass is 482 g/mol. The van der Waals surface area contributed by atoms with Crippen LogP contribution in [-0.4, -0.2) is 49.5 Å². The van der Waals surface area contributed by atoms with Gasteiger partial charge in [0, 0.05) is 18.2 Å². The van der Waals surface area contributed by atoms with Crippen LogP contribution in [0, 0.1) is 19.8 Å². The number of rotatable bonds is 4. The molecule has 0 aliphatic carbocycles. The second-order valence-electron chi connectivity index (χ2n) is 9.04. The van der Waals surface area contributed by atoms with E-state index in [-0.39, 0.29) is 16.8 Å². The SMILES string of the molecule is Cc1ccc(-c2ccc(C(=O)N[C@H]3CN4CCC3CC4)o2)cc1.Cc1ccc(S(=O)(=O)O)cc1. The fourth-order valence-electron chi connectivity index (χ4n) is 4.41. The summed E-state index contributed by atoms with van der Waals surface area (Å²) >= 11 is 0. The number of furan rings is 1. The second kappa shape index (κ2) is 10.1. The molecule has 8 heteroatoms. The predicted octanol–water partition coefficient (Wildman–Crippen LogP) is 4.32. The number of hydrogen-bond acceptors (Lipinski definition) is 5. The van der Waals surface area contributed by atoms with Crippen molar-refractivity contribution in [1.82, 2.24) is 10.2 Å². The number of carbonyl (C=O) groups excluding carboxylic acids is 1. The van der Waals surface area contributed by atoms with E-state index in [1.165, 1.54) is 43.6 Å². The summed E-state index contributed by atoms with van der Waals surface area (Å²) < 4.78 is 35.3. The van der Waals surface area contributed by atoms with E-state index in [1.54, 1.807) is 18.2 Å². The van der Waals surface area contributed by atoms with Gasteiger partial charge in [-0.1, -0.05) is 47.5 Å². The van der Waals surface area contributed by atoms with Gasteiger partial charge in [-0.05, 0) is 70.0 Å². The van der Waals surface area contributed by atoms with Crippen molar-refractivity contribution < 1.29 is 22.2 Å². The lowest BCUT2D eigenvalue weighted by molar-refractivity contribution is 0.0606. The number of hydrogen-bond donors (Lipinski definition) is 2. The molecule has 34 heavy (non-hydrogen) atoms. The number of nitrogens with one attached hydrogen (secondary N) is 1. The van der Waals surface area contributed by atoms with Gasteiger partial charge >= 0.3 is 0 Å². The van der Waals surface area contributed by atoms with Crippen molar-refractivity contribution >= 4 is 16.0 Å². The van der Waals surface area contributed by atoms with Crippen LogP contribution >= 0.6 is 0 Å². The van der Waals surface area contributed by atoms with Gasteiger partial charge in [0.05, 0.1) is 4.90 Å². The normalized spacial score (nSPS) is 21.4. The van der Waals surface area contributed by atoms with Crippen LogP contribution in [0.2, 0.25) is 0 Å². The first kappa shape index (κ1) is 24.2. The summed E-state index contributed by atoms with van der Waals surface area (Å²) in [5.41, 5.74) is 3.16. The number of nitrogens with zero attached hydrogens (tertiary/aromatic N) is 1. The quantitative estimate of drug-likeness (QED) is 0.537. The zero-order valence-electron chi connectivity index (χ0n) is 19.4. The Balaban J connectivity index is 0.000000210. The van der Waals surface area contributed by atoms with Gasteiger partial charge < -0.3 is 14.6 Å². The van der Waals surface area contributed by atoms with E-state index >= 15 is 0 Å². The van der Waals surface area contributed by atoms with Crippen LogP contribution in [0.4, 0.5) is 0 Å². The zero-order chi connectivity index (χ0) is 24.3. The topological polar surface area (TPSA) is 99.9 Å². The molecule has 180 valence electrons. The zero-order valence-corrected chi connectivity index (χ0v) is 20.2. The van der Waals surface area contributed by atoms with Crippen LogP contribution < -0.4 is 5.32 Å². The smallest absolute Gasteiger partial charge is 0.294 e. The lowest BCUT2D eigenvalue weighted by Crippen LogP contribution is -2.57. The molecule has 0 saturated carbocycles. The van der Waals surface area contributed by atoms with E-state index in [2.05, 4.69) is 17.1 Å². The molecular weight excluding hydrogens is 452 g/mol. The van der Waals surface area contributed by atoms with E-state index in [1.807, 2.05) is 37.3 Å². The molecule has 1 atom stereocenters. The third kappa shape index (κ3) is 5.94. The van der Waals surface area contributed by atoms with Crippen molar-refractivity contribution in [3.8, 4) is 11.3 Å². The molecule has 0 radical (unpaired) electrons. The van der Waals surface area contributed by atoms with Crippen LogP contribution in [0.15, 0.2) is 70.0 Å². The Kier molecular flexibility index (Phi) is 7.21. The molecule has 0 spiro atoms. The Hall–Kier alpha value is -2.94. The summed E-state index contributed by atoms with van der Waals surface area (Å²) in [6.07, 6.45) is 2.38. The lowest BCUT2D eigenvalue weighted by atomic mass is 9.84. The van der Waals surface area contributed by atoms with E-state index < -0.39 is 10.1 Å². The summed E-state index contributed by atoms with van der Waals surface area (Å²) in [6, 6.07) is 18.0. The first-order valence-electron chi connectivity index (χ1n) is 11.4. The van der Waals surface area contributed by atoms with E-state index in [0.29, 0.717) is 11.7 Å². The summed E-state index contributed by atoms with van der Waals surface area (Å²) in [7, 11) is -4.02. The number of carbonyl (C=O) groups is 1. The summed E-state index contributed by atoms with van der Waals surface area (Å²) in [5, 5.41) is 3.17. The fourth-order valence-corrected chi connectivity index (χ4v) is 4.89. The van der Waals surface area contributed by atoms with Crippen molar-refractivity contribution in [1.29, 1.82) is 0 Å². The molecule has 1 aromatic heterocycles. The second-order valence-corrected chi connectivity index (χ2v) is 10.5. The minimum Gasteiger partial charge on any atom is -0.451 e. The average Bonchev–Trinajstić information content (AvgIpc) is 3.31. The van der Waals surface area contributed by atoms with Crippen LogP contribution in [0.5, 0.6) is 0 Å². The molecule has 3 aromatic rings. The highest BCUT2D eigenvalue weighted by atomic mass is 32.2. The first-order valence-corrected chi connectivity index (χ1v) is 12.9. The maximum absolute atomic E-state index is 12.5. The Labute approximate surface area is 200 Å². The van der Waals surface area contributed by atoms with Gasteiger partial charge in [-0.25, -0.2) is 0 Å². The van der Waals surface area contributed by atoms with Crippen molar-refractivity contribution in [2.45, 2.75) is 37.6 Å². The molecule has 2 bridgehead atoms. The molecule has 2 aromatic carbocycles. The van der Waals surface area contributed by atoms with Crippen molar-refractivity contribution in [3.05, 3.63) is 77.6 Å². The highest BCUT2D eigenvalue weighted by Crippen LogP contribution is 2.28. The molecule has 2 N–H and O–H groups in total. The molecule has 6 rings (SSSR count). The molecule has 7 nitrogen and oxygen atoms in total. The van der Waals surface area contributed by atoms with Gasteiger partial charge in [-0.2, -0.15) is 8.42 Å². The van der Waals surface area contributed by atoms with Gasteiger partial charge in [-0.15, -0.1) is 0 Å². The summed E-state index contributed by atoms with van der Waals surface area (Å²) in [5.74, 6) is 1.67. The Morgan fingerprint density at radius 1 is 0.941 bits per heavy atom. The molecule has 0 unspecified atom stereocenters. The first-order chi connectivity index (χ1) is 16.2. The maximum atomic E-state index is 12.5. The van der Waals surface area contributed by atoms with Crippen LogP contribution in [0.3, 0.4) is 0 Å². The van der Waals surface area contributed by atoms with Gasteiger partial charge in [0.25, 0.3) is 16.0 Å². The van der Waals surface area contributed by atoms with Crippen molar-refractivity contribution in [2.75, 3.05) is 19.6 Å². The third-order valence-corrected chi connectivity index (χ3v) is 7.33. The van der Waals surface area contributed by atoms with Crippen LogP contribution in [0.1, 0.15) is 34.5 Å². The molecular formula is C26H30N2O5S. The molecule has 1 amide bonds. The van der Waals surface area contributed by atoms with Gasteiger partial charge in [-0.3, -0.25) is 9.35 Å². The number of aryl methyl sites for hydroxylation is 2. The summed E-state index contributed by atoms with van der Waals surface area (Å²) in [4.78, 5) is 14.8. The van der Waals surface area contributed by atoms with Gasteiger partial charge in [0.2, 0.25) is 0 Å². The van der Waals surface area contributed by atoms with Gasteiger partial charge in [0.15, 0.2) is 5.76 Å². The third-order valence-electron chi connectivity index (χ3n) is 6.46. The van der Waals surface area contributed by atoms with E-state index in [9.17, 15) is 13.2 Å². The maximum Gasteiger partial charge on any atom is 0.294 e. The Bertz CT molecular complexity index is 1220. The van der Waals surface area contributed by atoms with E-state index in [4.69, 9.17) is 8.97 Å². The molecule has 3 fully saturated rings. The largest absolute Gasteiger partial charge is 0.451 e. The number of piperidine rings is 3. The minimum absolute atomic E-state index is 0.0666. The number of fused-ring (bicyclic) bond motifs is 3. The number of amides is 1. The molecule has 3 aliphatic rings. The van der Waals surface area contributed by atoms with Crippen molar-refractivity contribution in [2.24, 2.45) is 5.92 Å². The fraction of sp³-hybridized carbons (Fsp3) is 0.346. The Morgan fingerprint density at radius 3 is 2.06 bits per heavy atom. The lowest BCUT2D eigenvalue weighted by Gasteiger charge is -2.44. The molecule has 4 heterocycles. The highest BCUT2D eigenvalue weighted by molar-refractivity contribution is 7.85. The molecule has 3 saturated heterocycles. The average molecular weight is 483 g/mol. The molecule has 3 aliphatic heterocycles. The van der Waals surface area contributed by atoms with E-state index in [0.717, 1.165) is 23.4 Å². The van der Waals surface area contributed by atoms with Crippen LogP contribution in [0.25, 0.3) is 11.3 Å². The van der Waals surface area contributed by atoms with Gasteiger partial charge in [0.1, 0.15) is 5.76 Å². The minimum atomic E-state index is -4.02.